The Balaban J connectivity index is 2.78. The fourth-order valence-electron chi connectivity index (χ4n) is 1.47. The molecule has 7 heteroatoms. The van der Waals surface area contributed by atoms with Crippen molar-refractivity contribution in [1.29, 1.82) is 0 Å². The smallest absolute Gasteiger partial charge is 0.379 e. The van der Waals surface area contributed by atoms with Crippen molar-refractivity contribution < 1.29 is 18.5 Å². The molecule has 0 heterocycles. The van der Waals surface area contributed by atoms with Crippen molar-refractivity contribution in [2.75, 3.05) is 12.8 Å². The van der Waals surface area contributed by atoms with E-state index in [9.17, 15) is 14.7 Å². The Morgan fingerprint density at radius 2 is 1.89 bits per heavy atom. The van der Waals surface area contributed by atoms with Crippen LogP contribution in [0.25, 0.3) is 0 Å². The molecule has 1 aromatic rings. The van der Waals surface area contributed by atoms with Crippen LogP contribution in [0.4, 0.5) is 5.69 Å². The SMILES string of the molecule is CCCCP(=O)(OCC)Oc1ccc([N+](=O)[O-])cc1. The van der Waals surface area contributed by atoms with Gasteiger partial charge in [0.2, 0.25) is 0 Å². The van der Waals surface area contributed by atoms with E-state index in [0.717, 1.165) is 12.8 Å². The lowest BCUT2D eigenvalue weighted by Gasteiger charge is -2.18. The summed E-state index contributed by atoms with van der Waals surface area (Å²) >= 11 is 0. The van der Waals surface area contributed by atoms with E-state index in [2.05, 4.69) is 0 Å². The van der Waals surface area contributed by atoms with Crippen LogP contribution in [0.5, 0.6) is 5.75 Å². The Morgan fingerprint density at radius 3 is 2.37 bits per heavy atom. The Morgan fingerprint density at radius 1 is 1.26 bits per heavy atom. The van der Waals surface area contributed by atoms with Gasteiger partial charge in [0.05, 0.1) is 17.7 Å². The highest BCUT2D eigenvalue weighted by Crippen LogP contribution is 2.49. The van der Waals surface area contributed by atoms with E-state index in [1.165, 1.54) is 24.3 Å². The summed E-state index contributed by atoms with van der Waals surface area (Å²) in [6, 6.07) is 5.47. The summed E-state index contributed by atoms with van der Waals surface area (Å²) in [4.78, 5) is 10.0. The predicted octanol–water partition coefficient (Wildman–Crippen LogP) is 4.00. The van der Waals surface area contributed by atoms with Crippen LogP contribution in [0.2, 0.25) is 0 Å². The number of nitrogens with zero attached hydrogens (tertiary/aromatic N) is 1. The molecule has 0 fully saturated rings. The first kappa shape index (κ1) is 15.7. The quantitative estimate of drug-likeness (QED) is 0.410. The molecule has 1 aromatic carbocycles. The van der Waals surface area contributed by atoms with Gasteiger partial charge in [0.25, 0.3) is 5.69 Å². The van der Waals surface area contributed by atoms with Gasteiger partial charge in [-0.05, 0) is 25.5 Å². The highest BCUT2D eigenvalue weighted by atomic mass is 31.2. The molecule has 1 unspecified atom stereocenters. The van der Waals surface area contributed by atoms with E-state index in [1.54, 1.807) is 6.92 Å². The summed E-state index contributed by atoms with van der Waals surface area (Å²) in [6.45, 7) is 4.04. The van der Waals surface area contributed by atoms with Crippen molar-refractivity contribution in [2.45, 2.75) is 26.7 Å². The zero-order valence-corrected chi connectivity index (χ0v) is 12.0. The van der Waals surface area contributed by atoms with E-state index in [4.69, 9.17) is 9.05 Å². The monoisotopic (exact) mass is 287 g/mol. The van der Waals surface area contributed by atoms with Crippen LogP contribution < -0.4 is 4.52 Å². The molecule has 0 saturated heterocycles. The van der Waals surface area contributed by atoms with Gasteiger partial charge in [0, 0.05) is 12.1 Å². The first-order valence-corrected chi connectivity index (χ1v) is 7.91. The van der Waals surface area contributed by atoms with Gasteiger partial charge in [0.15, 0.2) is 0 Å². The topological polar surface area (TPSA) is 78.7 Å². The third-order valence-corrected chi connectivity index (χ3v) is 4.41. The molecule has 0 aliphatic carbocycles. The molecular weight excluding hydrogens is 269 g/mol. The second-order valence-corrected chi connectivity index (χ2v) is 6.06. The van der Waals surface area contributed by atoms with Crippen molar-refractivity contribution in [3.63, 3.8) is 0 Å². The molecule has 19 heavy (non-hydrogen) atoms. The molecule has 0 aliphatic heterocycles. The summed E-state index contributed by atoms with van der Waals surface area (Å²) < 4.78 is 23.0. The molecule has 0 bridgehead atoms. The predicted molar refractivity (Wildman–Crippen MR) is 72.7 cm³/mol. The molecule has 0 aromatic heterocycles. The standard InChI is InChI=1S/C12H18NO5P/c1-3-5-10-19(16,17-4-2)18-12-8-6-11(7-9-12)13(14)15/h6-9H,3-5,10H2,1-2H3. The summed E-state index contributed by atoms with van der Waals surface area (Å²) in [6.07, 6.45) is 1.97. The molecule has 1 atom stereocenters. The molecule has 0 spiro atoms. The van der Waals surface area contributed by atoms with E-state index >= 15 is 0 Å². The van der Waals surface area contributed by atoms with Gasteiger partial charge in [-0.3, -0.25) is 10.1 Å². The maximum Gasteiger partial charge on any atom is 0.379 e. The maximum absolute atomic E-state index is 12.4. The minimum Gasteiger partial charge on any atom is -0.424 e. The zero-order valence-electron chi connectivity index (χ0n) is 11.1. The van der Waals surface area contributed by atoms with E-state index in [0.29, 0.717) is 18.5 Å². The molecule has 0 aliphatic rings. The van der Waals surface area contributed by atoms with Crippen LogP contribution in [0.1, 0.15) is 26.7 Å². The van der Waals surface area contributed by atoms with Crippen molar-refractivity contribution in [1.82, 2.24) is 0 Å². The van der Waals surface area contributed by atoms with Crippen molar-refractivity contribution in [3.05, 3.63) is 34.4 Å². The van der Waals surface area contributed by atoms with Crippen molar-refractivity contribution in [2.24, 2.45) is 0 Å². The number of benzene rings is 1. The lowest BCUT2D eigenvalue weighted by molar-refractivity contribution is -0.384. The summed E-state index contributed by atoms with van der Waals surface area (Å²) in [5.74, 6) is 0.318. The number of nitro benzene ring substituents is 1. The number of hydrogen-bond acceptors (Lipinski definition) is 5. The molecule has 6 nitrogen and oxygen atoms in total. The molecule has 0 N–H and O–H groups in total. The first-order valence-electron chi connectivity index (χ1n) is 6.18. The van der Waals surface area contributed by atoms with Gasteiger partial charge >= 0.3 is 7.60 Å². The number of unbranched alkanes of at least 4 members (excludes halogenated alkanes) is 1. The Hall–Kier alpha value is -1.39. The minimum atomic E-state index is -3.17. The third kappa shape index (κ3) is 5.01. The average Bonchev–Trinajstić information content (AvgIpc) is 2.37. The van der Waals surface area contributed by atoms with Crippen LogP contribution in [0.3, 0.4) is 0 Å². The molecule has 0 amide bonds. The lowest BCUT2D eigenvalue weighted by atomic mass is 10.3. The zero-order chi connectivity index (χ0) is 14.3. The lowest BCUT2D eigenvalue weighted by Crippen LogP contribution is -2.02. The maximum atomic E-state index is 12.4. The number of hydrogen-bond donors (Lipinski definition) is 0. The Bertz CT molecular complexity index is 460. The van der Waals surface area contributed by atoms with E-state index in [-0.39, 0.29) is 5.69 Å². The second-order valence-electron chi connectivity index (χ2n) is 3.95. The van der Waals surface area contributed by atoms with Gasteiger partial charge in [-0.15, -0.1) is 0 Å². The number of nitro groups is 1. The minimum absolute atomic E-state index is 0.0350. The van der Waals surface area contributed by atoms with E-state index < -0.39 is 12.5 Å². The number of non-ortho nitro benzene ring substituents is 1. The second kappa shape index (κ2) is 7.26. The molecule has 0 radical (unpaired) electrons. The van der Waals surface area contributed by atoms with Gasteiger partial charge in [-0.2, -0.15) is 0 Å². The molecular formula is C12H18NO5P. The summed E-state index contributed by atoms with van der Waals surface area (Å²) in [5, 5.41) is 10.5. The van der Waals surface area contributed by atoms with Gasteiger partial charge in [-0.25, -0.2) is 4.57 Å². The average molecular weight is 287 g/mol. The highest BCUT2D eigenvalue weighted by molar-refractivity contribution is 7.54. The van der Waals surface area contributed by atoms with Crippen molar-refractivity contribution in [3.8, 4) is 5.75 Å². The summed E-state index contributed by atoms with van der Waals surface area (Å²) in [5.41, 5.74) is -0.0350. The number of rotatable bonds is 8. The summed E-state index contributed by atoms with van der Waals surface area (Å²) in [7, 11) is -3.17. The largest absolute Gasteiger partial charge is 0.424 e. The normalized spacial score (nSPS) is 13.8. The van der Waals surface area contributed by atoms with Crippen LogP contribution in [0.15, 0.2) is 24.3 Å². The fraction of sp³-hybridized carbons (Fsp3) is 0.500. The van der Waals surface area contributed by atoms with Crippen LogP contribution in [-0.4, -0.2) is 17.7 Å². The van der Waals surface area contributed by atoms with Gasteiger partial charge < -0.3 is 9.05 Å². The van der Waals surface area contributed by atoms with Crippen LogP contribution in [0, 0.1) is 10.1 Å². The molecule has 1 rings (SSSR count). The van der Waals surface area contributed by atoms with Gasteiger partial charge in [-0.1, -0.05) is 13.3 Å². The Kier molecular flexibility index (Phi) is 5.99. The fourth-order valence-corrected chi connectivity index (χ4v) is 3.29. The Labute approximate surface area is 112 Å². The first-order chi connectivity index (χ1) is 9.00. The third-order valence-electron chi connectivity index (χ3n) is 2.40. The van der Waals surface area contributed by atoms with Crippen LogP contribution >= 0.6 is 7.60 Å². The van der Waals surface area contributed by atoms with E-state index in [1.807, 2.05) is 6.92 Å². The van der Waals surface area contributed by atoms with Crippen LogP contribution in [-0.2, 0) is 9.09 Å². The molecule has 0 saturated carbocycles. The molecule has 106 valence electrons. The highest BCUT2D eigenvalue weighted by Gasteiger charge is 2.25. The van der Waals surface area contributed by atoms with Crippen molar-refractivity contribution >= 4 is 13.3 Å². The van der Waals surface area contributed by atoms with Gasteiger partial charge in [0.1, 0.15) is 5.75 Å².